The molecule has 0 aliphatic rings. The average molecular weight is 428 g/mol. The van der Waals surface area contributed by atoms with Gasteiger partial charge in [0.25, 0.3) is 0 Å². The van der Waals surface area contributed by atoms with Gasteiger partial charge in [-0.1, -0.05) is 35.9 Å². The topological polar surface area (TPSA) is 81.5 Å². The molecular formula is C24H21FN6O. The van der Waals surface area contributed by atoms with Crippen LogP contribution < -0.4 is 4.74 Å². The molecule has 0 fully saturated rings. The van der Waals surface area contributed by atoms with Crippen LogP contribution in [0.15, 0.2) is 61.1 Å². The Morgan fingerprint density at radius 1 is 1.03 bits per heavy atom. The summed E-state index contributed by atoms with van der Waals surface area (Å²) in [5.41, 5.74) is 4.49. The molecule has 5 aromatic rings. The van der Waals surface area contributed by atoms with Crippen LogP contribution in [-0.4, -0.2) is 36.8 Å². The van der Waals surface area contributed by atoms with E-state index < -0.39 is 5.82 Å². The fourth-order valence-electron chi connectivity index (χ4n) is 3.67. The third-order valence-corrected chi connectivity index (χ3v) is 5.31. The zero-order valence-electron chi connectivity index (χ0n) is 17.7. The standard InChI is InChI=1S/C24H21FN6O/c1-15-3-5-16(6-4-15)13-31-24(22-18-9-10-26-23(18)28-14-27-22)29-21(30-31)12-17-7-8-20(32-2)19(25)11-17/h3-11,14H,12-13H2,1-2H3,(H,26,27,28). The molecule has 7 nitrogen and oxygen atoms in total. The quantitative estimate of drug-likeness (QED) is 0.436. The fraction of sp³-hybridized carbons (Fsp3) is 0.167. The minimum absolute atomic E-state index is 0.211. The van der Waals surface area contributed by atoms with Gasteiger partial charge in [0.15, 0.2) is 23.2 Å². The van der Waals surface area contributed by atoms with Crippen LogP contribution in [0.4, 0.5) is 4.39 Å². The van der Waals surface area contributed by atoms with Crippen LogP contribution in [0.1, 0.15) is 22.5 Å². The molecular weight excluding hydrogens is 407 g/mol. The van der Waals surface area contributed by atoms with E-state index in [0.717, 1.165) is 22.2 Å². The number of benzene rings is 2. The Bertz CT molecular complexity index is 1390. The van der Waals surface area contributed by atoms with E-state index in [1.54, 1.807) is 6.07 Å². The molecule has 2 aromatic carbocycles. The number of nitrogens with zero attached hydrogens (tertiary/aromatic N) is 5. The first-order chi connectivity index (χ1) is 15.6. The summed E-state index contributed by atoms with van der Waals surface area (Å²) in [5.74, 6) is 1.03. The minimum Gasteiger partial charge on any atom is -0.494 e. The van der Waals surface area contributed by atoms with Crippen molar-refractivity contribution in [2.24, 2.45) is 0 Å². The summed E-state index contributed by atoms with van der Waals surface area (Å²) in [6, 6.07) is 15.1. The Morgan fingerprint density at radius 2 is 1.84 bits per heavy atom. The van der Waals surface area contributed by atoms with Gasteiger partial charge in [-0.3, -0.25) is 0 Å². The number of ether oxygens (including phenoxy) is 1. The van der Waals surface area contributed by atoms with Crippen molar-refractivity contribution in [1.29, 1.82) is 0 Å². The molecule has 8 heteroatoms. The van der Waals surface area contributed by atoms with Crippen molar-refractivity contribution in [2.75, 3.05) is 7.11 Å². The molecule has 0 saturated heterocycles. The number of aromatic nitrogens is 6. The van der Waals surface area contributed by atoms with Gasteiger partial charge >= 0.3 is 0 Å². The van der Waals surface area contributed by atoms with Crippen molar-refractivity contribution in [3.05, 3.63) is 89.4 Å². The van der Waals surface area contributed by atoms with Crippen molar-refractivity contribution >= 4 is 11.0 Å². The normalized spacial score (nSPS) is 11.2. The van der Waals surface area contributed by atoms with Gasteiger partial charge in [-0.25, -0.2) is 24.0 Å². The van der Waals surface area contributed by atoms with Crippen LogP contribution in [0.2, 0.25) is 0 Å². The van der Waals surface area contributed by atoms with Gasteiger partial charge < -0.3 is 9.72 Å². The number of hydrogen-bond donors (Lipinski definition) is 1. The molecule has 0 amide bonds. The fourth-order valence-corrected chi connectivity index (χ4v) is 3.67. The Kier molecular flexibility index (Phi) is 5.10. The van der Waals surface area contributed by atoms with Gasteiger partial charge in [0.05, 0.1) is 13.7 Å². The van der Waals surface area contributed by atoms with Crippen LogP contribution >= 0.6 is 0 Å². The highest BCUT2D eigenvalue weighted by atomic mass is 19.1. The molecule has 3 aromatic heterocycles. The SMILES string of the molecule is COc1ccc(Cc2nc(-c3ncnc4[nH]ccc34)n(Cc3ccc(C)cc3)n2)cc1F. The number of rotatable bonds is 6. The van der Waals surface area contributed by atoms with Crippen molar-refractivity contribution in [3.63, 3.8) is 0 Å². The molecule has 5 rings (SSSR count). The predicted octanol–water partition coefficient (Wildman–Crippen LogP) is 4.31. The van der Waals surface area contributed by atoms with Crippen LogP contribution in [0, 0.1) is 12.7 Å². The third kappa shape index (κ3) is 3.82. The Morgan fingerprint density at radius 3 is 2.62 bits per heavy atom. The first-order valence-corrected chi connectivity index (χ1v) is 10.2. The van der Waals surface area contributed by atoms with Gasteiger partial charge in [0.2, 0.25) is 0 Å². The van der Waals surface area contributed by atoms with E-state index in [-0.39, 0.29) is 5.75 Å². The lowest BCUT2D eigenvalue weighted by Gasteiger charge is -2.07. The number of aromatic amines is 1. The van der Waals surface area contributed by atoms with Gasteiger partial charge in [-0.2, -0.15) is 5.10 Å². The summed E-state index contributed by atoms with van der Waals surface area (Å²) < 4.78 is 21.0. The second-order valence-corrected chi connectivity index (χ2v) is 7.60. The third-order valence-electron chi connectivity index (χ3n) is 5.31. The maximum absolute atomic E-state index is 14.2. The van der Waals surface area contributed by atoms with Gasteiger partial charge in [0, 0.05) is 18.0 Å². The van der Waals surface area contributed by atoms with E-state index in [9.17, 15) is 4.39 Å². The molecule has 0 saturated carbocycles. The molecule has 0 aliphatic heterocycles. The smallest absolute Gasteiger partial charge is 0.178 e. The number of methoxy groups -OCH3 is 1. The second kappa shape index (κ2) is 8.22. The van der Waals surface area contributed by atoms with E-state index in [0.29, 0.717) is 30.3 Å². The zero-order chi connectivity index (χ0) is 22.1. The van der Waals surface area contributed by atoms with E-state index in [4.69, 9.17) is 14.8 Å². The molecule has 1 N–H and O–H groups in total. The van der Waals surface area contributed by atoms with Crippen molar-refractivity contribution < 1.29 is 9.13 Å². The number of fused-ring (bicyclic) bond motifs is 1. The highest BCUT2D eigenvalue weighted by Gasteiger charge is 2.18. The molecule has 3 heterocycles. The van der Waals surface area contributed by atoms with Gasteiger partial charge in [-0.15, -0.1) is 0 Å². The molecule has 0 unspecified atom stereocenters. The van der Waals surface area contributed by atoms with Crippen LogP contribution in [0.5, 0.6) is 5.75 Å². The molecule has 0 atom stereocenters. The second-order valence-electron chi connectivity index (χ2n) is 7.60. The lowest BCUT2D eigenvalue weighted by atomic mass is 10.1. The maximum atomic E-state index is 14.2. The van der Waals surface area contributed by atoms with E-state index in [1.807, 2.05) is 23.0 Å². The summed E-state index contributed by atoms with van der Waals surface area (Å²) in [7, 11) is 1.45. The molecule has 0 radical (unpaired) electrons. The minimum atomic E-state index is -0.408. The summed E-state index contributed by atoms with van der Waals surface area (Å²) in [6.45, 7) is 2.59. The van der Waals surface area contributed by atoms with Crippen molar-refractivity contribution in [1.82, 2.24) is 29.7 Å². The van der Waals surface area contributed by atoms with E-state index in [2.05, 4.69) is 46.1 Å². The summed E-state index contributed by atoms with van der Waals surface area (Å²) in [5, 5.41) is 5.61. The summed E-state index contributed by atoms with van der Waals surface area (Å²) in [4.78, 5) is 16.7. The van der Waals surface area contributed by atoms with Gasteiger partial charge in [-0.05, 0) is 36.2 Å². The Hall–Kier alpha value is -4.07. The lowest BCUT2D eigenvalue weighted by molar-refractivity contribution is 0.386. The number of H-pyrrole nitrogens is 1. The van der Waals surface area contributed by atoms with E-state index in [1.165, 1.54) is 25.1 Å². The monoisotopic (exact) mass is 428 g/mol. The number of aryl methyl sites for hydroxylation is 1. The number of nitrogens with one attached hydrogen (secondary N) is 1. The highest BCUT2D eigenvalue weighted by molar-refractivity contribution is 5.88. The first kappa shape index (κ1) is 19.9. The Labute approximate surface area is 183 Å². The van der Waals surface area contributed by atoms with Crippen molar-refractivity contribution in [2.45, 2.75) is 19.9 Å². The highest BCUT2D eigenvalue weighted by Crippen LogP contribution is 2.25. The zero-order valence-corrected chi connectivity index (χ0v) is 17.7. The van der Waals surface area contributed by atoms with Crippen molar-refractivity contribution in [3.8, 4) is 17.3 Å². The lowest BCUT2D eigenvalue weighted by Crippen LogP contribution is -2.06. The predicted molar refractivity (Wildman–Crippen MR) is 119 cm³/mol. The first-order valence-electron chi connectivity index (χ1n) is 10.2. The van der Waals surface area contributed by atoms with Gasteiger partial charge in [0.1, 0.15) is 17.7 Å². The average Bonchev–Trinajstić information content (AvgIpc) is 3.42. The van der Waals surface area contributed by atoms with E-state index >= 15 is 0 Å². The molecule has 0 spiro atoms. The summed E-state index contributed by atoms with van der Waals surface area (Å²) in [6.07, 6.45) is 3.72. The summed E-state index contributed by atoms with van der Waals surface area (Å²) >= 11 is 0. The molecule has 0 aliphatic carbocycles. The maximum Gasteiger partial charge on any atom is 0.178 e. The van der Waals surface area contributed by atoms with Crippen LogP contribution in [0.25, 0.3) is 22.6 Å². The number of halogens is 1. The largest absolute Gasteiger partial charge is 0.494 e. The van der Waals surface area contributed by atoms with Crippen LogP contribution in [-0.2, 0) is 13.0 Å². The number of hydrogen-bond acceptors (Lipinski definition) is 5. The molecule has 0 bridgehead atoms. The Balaban J connectivity index is 1.56. The van der Waals surface area contributed by atoms with Crippen LogP contribution in [0.3, 0.4) is 0 Å². The molecule has 160 valence electrons. The molecule has 32 heavy (non-hydrogen) atoms.